The molecule has 1 amide bonds. The molecule has 6 nitrogen and oxygen atoms in total. The second kappa shape index (κ2) is 9.71. The van der Waals surface area contributed by atoms with Crippen LogP contribution in [0.15, 0.2) is 45.7 Å². The summed E-state index contributed by atoms with van der Waals surface area (Å²) >= 11 is 1.50. The molecule has 1 aromatic heterocycles. The molecule has 0 aliphatic carbocycles. The Hall–Kier alpha value is -2.25. The molecule has 0 bridgehead atoms. The van der Waals surface area contributed by atoms with Crippen LogP contribution in [0.2, 0.25) is 0 Å². The van der Waals surface area contributed by atoms with E-state index < -0.39 is 5.25 Å². The summed E-state index contributed by atoms with van der Waals surface area (Å²) in [6.45, 7) is 5.34. The number of nitrogens with one attached hydrogen (secondary N) is 2. The number of fused-ring (bicyclic) bond motifs is 1. The number of nitrogens with zero attached hydrogens (tertiary/aromatic N) is 1. The number of hydrogen-bond acceptors (Lipinski definition) is 5. The van der Waals surface area contributed by atoms with Crippen LogP contribution < -0.4 is 16.0 Å². The van der Waals surface area contributed by atoms with E-state index in [9.17, 15) is 4.79 Å². The molecular formula is C25H34N4O2S. The maximum atomic E-state index is 13.4. The van der Waals surface area contributed by atoms with Crippen LogP contribution in [0.4, 0.5) is 5.69 Å². The number of piperidine rings is 1. The monoisotopic (exact) mass is 454 g/mol. The Bertz CT molecular complexity index is 974. The third-order valence-corrected chi connectivity index (χ3v) is 7.88. The van der Waals surface area contributed by atoms with E-state index in [-0.39, 0.29) is 17.3 Å². The first-order valence-electron chi connectivity index (χ1n) is 11.7. The highest BCUT2D eigenvalue weighted by Crippen LogP contribution is 2.46. The van der Waals surface area contributed by atoms with Crippen molar-refractivity contribution in [1.82, 2.24) is 5.32 Å². The van der Waals surface area contributed by atoms with Crippen LogP contribution in [0.25, 0.3) is 0 Å². The lowest BCUT2D eigenvalue weighted by Crippen LogP contribution is -2.50. The van der Waals surface area contributed by atoms with Crippen LogP contribution >= 0.6 is 11.8 Å². The number of anilines is 1. The number of carbonyl (C=O) groups is 1. The van der Waals surface area contributed by atoms with Gasteiger partial charge in [-0.25, -0.2) is 0 Å². The number of nitrogen functional groups attached to an aromatic ring is 1. The predicted octanol–water partition coefficient (Wildman–Crippen LogP) is 5.22. The minimum absolute atomic E-state index is 0.0351. The van der Waals surface area contributed by atoms with Crippen LogP contribution in [0.1, 0.15) is 75.6 Å². The SMILES string of the molecule is C[C@H]1CCC[C@@](C)(CCCCCN2C(=O)C(c3ccc(C(=N)N)o3)Sc3ccccc32)N1. The number of hydrogen-bond donors (Lipinski definition) is 3. The van der Waals surface area contributed by atoms with E-state index in [1.165, 1.54) is 37.4 Å². The maximum Gasteiger partial charge on any atom is 0.248 e. The topological polar surface area (TPSA) is 95.4 Å². The summed E-state index contributed by atoms with van der Waals surface area (Å²) in [6, 6.07) is 12.1. The van der Waals surface area contributed by atoms with Crippen LogP contribution in [-0.4, -0.2) is 29.9 Å². The summed E-state index contributed by atoms with van der Waals surface area (Å²) in [6.07, 6.45) is 8.25. The van der Waals surface area contributed by atoms with Crippen molar-refractivity contribution < 1.29 is 9.21 Å². The second-order valence-electron chi connectivity index (χ2n) is 9.38. The average molecular weight is 455 g/mol. The van der Waals surface area contributed by atoms with Gasteiger partial charge in [0.2, 0.25) is 5.91 Å². The van der Waals surface area contributed by atoms with Crippen LogP contribution in [0, 0.1) is 5.41 Å². The summed E-state index contributed by atoms with van der Waals surface area (Å²) in [5.41, 5.74) is 6.77. The predicted molar refractivity (Wildman–Crippen MR) is 130 cm³/mol. The van der Waals surface area contributed by atoms with Crippen molar-refractivity contribution in [2.75, 3.05) is 11.4 Å². The van der Waals surface area contributed by atoms with Gasteiger partial charge >= 0.3 is 0 Å². The lowest BCUT2D eigenvalue weighted by Gasteiger charge is -2.39. The molecule has 4 N–H and O–H groups in total. The number of thioether (sulfide) groups is 1. The molecule has 4 rings (SSSR count). The van der Waals surface area contributed by atoms with Gasteiger partial charge in [-0.15, -0.1) is 11.8 Å². The molecule has 2 aliphatic rings. The van der Waals surface area contributed by atoms with E-state index in [1.807, 2.05) is 23.1 Å². The van der Waals surface area contributed by atoms with E-state index >= 15 is 0 Å². The van der Waals surface area contributed by atoms with E-state index in [0.29, 0.717) is 24.1 Å². The van der Waals surface area contributed by atoms with Crippen molar-refractivity contribution >= 4 is 29.2 Å². The molecule has 1 unspecified atom stereocenters. The van der Waals surface area contributed by atoms with Gasteiger partial charge in [0, 0.05) is 23.0 Å². The minimum atomic E-state index is -0.454. The zero-order valence-electron chi connectivity index (χ0n) is 19.0. The fourth-order valence-electron chi connectivity index (χ4n) is 4.96. The summed E-state index contributed by atoms with van der Waals surface area (Å²) in [7, 11) is 0. The van der Waals surface area contributed by atoms with E-state index in [4.69, 9.17) is 15.6 Å². The highest BCUT2D eigenvalue weighted by molar-refractivity contribution is 8.00. The zero-order chi connectivity index (χ0) is 22.7. The van der Waals surface area contributed by atoms with Gasteiger partial charge in [0.1, 0.15) is 11.0 Å². The number of unbranched alkanes of at least 4 members (excludes halogenated alkanes) is 2. The number of carbonyl (C=O) groups excluding carboxylic acids is 1. The molecule has 2 aromatic rings. The summed E-state index contributed by atoms with van der Waals surface area (Å²) in [5.74, 6) is 0.762. The Morgan fingerprint density at radius 2 is 2.09 bits per heavy atom. The first-order valence-corrected chi connectivity index (χ1v) is 12.5. The van der Waals surface area contributed by atoms with Crippen molar-refractivity contribution in [2.24, 2.45) is 5.73 Å². The summed E-state index contributed by atoms with van der Waals surface area (Å²) in [5, 5.41) is 10.9. The lowest BCUT2D eigenvalue weighted by atomic mass is 9.84. The van der Waals surface area contributed by atoms with Crippen molar-refractivity contribution in [3.8, 4) is 0 Å². The molecule has 32 heavy (non-hydrogen) atoms. The minimum Gasteiger partial charge on any atom is -0.456 e. The maximum absolute atomic E-state index is 13.4. The van der Waals surface area contributed by atoms with Crippen molar-refractivity contribution in [1.29, 1.82) is 5.41 Å². The number of nitrogens with two attached hydrogens (primary N) is 1. The van der Waals surface area contributed by atoms with Gasteiger partial charge in [-0.3, -0.25) is 10.2 Å². The fraction of sp³-hybridized carbons (Fsp3) is 0.520. The van der Waals surface area contributed by atoms with Gasteiger partial charge in [-0.05, 0) is 63.8 Å². The number of furan rings is 1. The largest absolute Gasteiger partial charge is 0.456 e. The highest BCUT2D eigenvalue weighted by Gasteiger charge is 2.36. The molecule has 7 heteroatoms. The first kappa shape index (κ1) is 22.9. The number of benzene rings is 1. The smallest absolute Gasteiger partial charge is 0.248 e. The average Bonchev–Trinajstić information content (AvgIpc) is 3.25. The molecule has 1 aromatic carbocycles. The Kier molecular flexibility index (Phi) is 6.96. The Labute approximate surface area is 194 Å². The van der Waals surface area contributed by atoms with Gasteiger partial charge in [-0.2, -0.15) is 0 Å². The second-order valence-corrected chi connectivity index (χ2v) is 10.5. The highest BCUT2D eigenvalue weighted by atomic mass is 32.2. The Morgan fingerprint density at radius 1 is 1.28 bits per heavy atom. The van der Waals surface area contributed by atoms with Gasteiger partial charge in [-0.1, -0.05) is 31.4 Å². The quantitative estimate of drug-likeness (QED) is 0.289. The van der Waals surface area contributed by atoms with E-state index in [1.54, 1.807) is 12.1 Å². The fourth-order valence-corrected chi connectivity index (χ4v) is 6.14. The normalized spacial score (nSPS) is 25.6. The number of rotatable bonds is 8. The van der Waals surface area contributed by atoms with E-state index in [0.717, 1.165) is 29.8 Å². The molecule has 2 aliphatic heterocycles. The molecule has 0 radical (unpaired) electrons. The summed E-state index contributed by atoms with van der Waals surface area (Å²) < 4.78 is 5.72. The van der Waals surface area contributed by atoms with Crippen molar-refractivity contribution in [3.05, 3.63) is 47.9 Å². The molecular weight excluding hydrogens is 420 g/mol. The first-order chi connectivity index (χ1) is 15.4. The zero-order valence-corrected chi connectivity index (χ0v) is 19.8. The lowest BCUT2D eigenvalue weighted by molar-refractivity contribution is -0.118. The molecule has 1 fully saturated rings. The van der Waals surface area contributed by atoms with Crippen LogP contribution in [-0.2, 0) is 4.79 Å². The van der Waals surface area contributed by atoms with Gasteiger partial charge in [0.05, 0.1) is 5.69 Å². The van der Waals surface area contributed by atoms with Crippen molar-refractivity contribution in [3.63, 3.8) is 0 Å². The van der Waals surface area contributed by atoms with Gasteiger partial charge in [0.15, 0.2) is 11.6 Å². The third-order valence-electron chi connectivity index (χ3n) is 6.61. The Morgan fingerprint density at radius 3 is 2.84 bits per heavy atom. The van der Waals surface area contributed by atoms with Gasteiger partial charge < -0.3 is 20.4 Å². The van der Waals surface area contributed by atoms with Gasteiger partial charge in [0.25, 0.3) is 0 Å². The molecule has 1 saturated heterocycles. The standard InChI is InChI=1S/C25H34N4O2S/c1-17-9-8-15-25(2,28-17)14-6-3-7-16-29-18-10-4-5-11-21(18)32-22(24(29)30)19-12-13-20(31-19)23(26)27/h4-5,10-13,17,22,28H,3,6-9,14-16H2,1-2H3,(H3,26,27)/t17-,22?,25+/m0/s1. The number of amidine groups is 1. The molecule has 3 atom stereocenters. The van der Waals surface area contributed by atoms with Crippen LogP contribution in [0.5, 0.6) is 0 Å². The Balaban J connectivity index is 1.39. The number of para-hydroxylation sites is 1. The van der Waals surface area contributed by atoms with E-state index in [2.05, 4.69) is 25.2 Å². The van der Waals surface area contributed by atoms with Crippen molar-refractivity contribution in [2.45, 2.75) is 80.5 Å². The third kappa shape index (κ3) is 5.04. The molecule has 3 heterocycles. The molecule has 172 valence electrons. The number of amides is 1. The molecule has 0 saturated carbocycles. The van der Waals surface area contributed by atoms with Crippen LogP contribution in [0.3, 0.4) is 0 Å². The summed E-state index contributed by atoms with van der Waals surface area (Å²) in [4.78, 5) is 16.4. The molecule has 0 spiro atoms.